The van der Waals surface area contributed by atoms with Gasteiger partial charge in [-0.3, -0.25) is 9.88 Å². The Morgan fingerprint density at radius 1 is 1.45 bits per heavy atom. The number of unbranched alkanes of at least 4 members (excludes halogenated alkanes) is 3. The molecular weight excluding hydrogens is 256 g/mol. The number of rotatable bonds is 8. The Hall–Kier alpha value is -2.11. The fourth-order valence-corrected chi connectivity index (χ4v) is 1.69. The van der Waals surface area contributed by atoms with Crippen LogP contribution in [0.15, 0.2) is 29.7 Å². The van der Waals surface area contributed by atoms with Gasteiger partial charge in [-0.1, -0.05) is 32.3 Å². The Balaban J connectivity index is 2.40. The number of allylic oxidation sites excluding steroid dienone is 1. The van der Waals surface area contributed by atoms with Crippen molar-refractivity contribution in [1.82, 2.24) is 14.9 Å². The van der Waals surface area contributed by atoms with Crippen molar-refractivity contribution >= 4 is 11.8 Å². The minimum atomic E-state index is -0.411. The second kappa shape index (κ2) is 8.90. The monoisotopic (exact) mass is 278 g/mol. The number of hydrogen-bond acceptors (Lipinski definition) is 3. The zero-order valence-electron chi connectivity index (χ0n) is 11.9. The lowest BCUT2D eigenvalue weighted by atomic mass is 10.2. The standard InChI is InChI=1S/C14H22N4O2/c1-3-5-6-7-9-15-13(19)16-12-8-11-18(10-4-2)14(20)17-12/h4,8,11H,2-3,5-7,9-10H2,1H3,(H2,15,16,17,19,20). The maximum absolute atomic E-state index is 11.6. The Kier molecular flexibility index (Phi) is 7.10. The highest BCUT2D eigenvalue weighted by Crippen LogP contribution is 1.99. The van der Waals surface area contributed by atoms with Crippen LogP contribution in [0.25, 0.3) is 0 Å². The van der Waals surface area contributed by atoms with Gasteiger partial charge >= 0.3 is 11.7 Å². The average molecular weight is 278 g/mol. The molecule has 1 aromatic heterocycles. The molecule has 0 spiro atoms. The van der Waals surface area contributed by atoms with Gasteiger partial charge in [0.05, 0.1) is 0 Å². The molecule has 0 radical (unpaired) electrons. The highest BCUT2D eigenvalue weighted by atomic mass is 16.2. The highest BCUT2D eigenvalue weighted by molar-refractivity contribution is 5.87. The molecule has 0 saturated heterocycles. The van der Waals surface area contributed by atoms with Gasteiger partial charge in [-0.05, 0) is 12.5 Å². The third-order valence-corrected chi connectivity index (χ3v) is 2.76. The fraction of sp³-hybridized carbons (Fsp3) is 0.500. The third-order valence-electron chi connectivity index (χ3n) is 2.76. The van der Waals surface area contributed by atoms with Gasteiger partial charge in [0.25, 0.3) is 0 Å². The van der Waals surface area contributed by atoms with Crippen LogP contribution >= 0.6 is 0 Å². The Morgan fingerprint density at radius 3 is 2.90 bits per heavy atom. The molecule has 110 valence electrons. The van der Waals surface area contributed by atoms with E-state index in [1.54, 1.807) is 18.3 Å². The number of nitrogens with zero attached hydrogens (tertiary/aromatic N) is 2. The first kappa shape index (κ1) is 15.9. The smallest absolute Gasteiger partial charge is 0.338 e. The van der Waals surface area contributed by atoms with Crippen molar-refractivity contribution in [2.24, 2.45) is 0 Å². The largest absolute Gasteiger partial charge is 0.349 e. The number of aromatic nitrogens is 2. The number of carbonyl (C=O) groups is 1. The van der Waals surface area contributed by atoms with E-state index >= 15 is 0 Å². The number of nitrogens with one attached hydrogen (secondary N) is 2. The lowest BCUT2D eigenvalue weighted by Gasteiger charge is -2.07. The second-order valence-electron chi connectivity index (χ2n) is 4.48. The number of urea groups is 1. The minimum absolute atomic E-state index is 0.251. The van der Waals surface area contributed by atoms with Crippen molar-refractivity contribution in [3.8, 4) is 0 Å². The number of amides is 2. The van der Waals surface area contributed by atoms with Crippen LogP contribution in [0.2, 0.25) is 0 Å². The summed E-state index contributed by atoms with van der Waals surface area (Å²) in [5.74, 6) is 0.251. The molecule has 0 aliphatic carbocycles. The molecule has 0 fully saturated rings. The molecular formula is C14H22N4O2. The van der Waals surface area contributed by atoms with E-state index in [4.69, 9.17) is 0 Å². The Labute approximate surface area is 118 Å². The van der Waals surface area contributed by atoms with Crippen LogP contribution in [0.5, 0.6) is 0 Å². The summed E-state index contributed by atoms with van der Waals surface area (Å²) in [4.78, 5) is 26.9. The van der Waals surface area contributed by atoms with E-state index in [0.29, 0.717) is 13.1 Å². The normalized spacial score (nSPS) is 10.1. The molecule has 0 aromatic carbocycles. The van der Waals surface area contributed by atoms with E-state index in [1.807, 2.05) is 0 Å². The van der Waals surface area contributed by atoms with Crippen molar-refractivity contribution in [2.75, 3.05) is 11.9 Å². The van der Waals surface area contributed by atoms with Crippen LogP contribution in [0.3, 0.4) is 0 Å². The molecule has 0 atom stereocenters. The highest BCUT2D eigenvalue weighted by Gasteiger charge is 2.03. The quantitative estimate of drug-likeness (QED) is 0.565. The van der Waals surface area contributed by atoms with Crippen LogP contribution in [0.1, 0.15) is 32.6 Å². The number of carbonyl (C=O) groups excluding carboxylic acids is 1. The van der Waals surface area contributed by atoms with Gasteiger partial charge in [-0.25, -0.2) is 9.59 Å². The maximum Gasteiger partial charge on any atom is 0.349 e. The molecule has 0 aliphatic heterocycles. The van der Waals surface area contributed by atoms with Crippen molar-refractivity contribution in [3.63, 3.8) is 0 Å². The molecule has 1 aromatic rings. The van der Waals surface area contributed by atoms with Gasteiger partial charge < -0.3 is 5.32 Å². The molecule has 0 saturated carbocycles. The molecule has 1 heterocycles. The van der Waals surface area contributed by atoms with Gasteiger partial charge in [-0.2, -0.15) is 4.98 Å². The van der Waals surface area contributed by atoms with Crippen molar-refractivity contribution in [3.05, 3.63) is 35.4 Å². The van der Waals surface area contributed by atoms with Crippen LogP contribution in [-0.4, -0.2) is 22.1 Å². The summed E-state index contributed by atoms with van der Waals surface area (Å²) in [6.07, 6.45) is 7.58. The Morgan fingerprint density at radius 2 is 2.25 bits per heavy atom. The average Bonchev–Trinajstić information content (AvgIpc) is 2.42. The molecule has 20 heavy (non-hydrogen) atoms. The number of hydrogen-bond donors (Lipinski definition) is 2. The summed E-state index contributed by atoms with van der Waals surface area (Å²) in [6, 6.07) is 1.25. The van der Waals surface area contributed by atoms with Gasteiger partial charge in [0.1, 0.15) is 5.82 Å². The lowest BCUT2D eigenvalue weighted by Crippen LogP contribution is -2.31. The summed E-state index contributed by atoms with van der Waals surface area (Å²) in [5, 5.41) is 5.28. The summed E-state index contributed by atoms with van der Waals surface area (Å²) in [6.45, 7) is 6.72. The van der Waals surface area contributed by atoms with E-state index in [1.165, 1.54) is 11.0 Å². The van der Waals surface area contributed by atoms with E-state index in [0.717, 1.165) is 19.3 Å². The first-order chi connectivity index (χ1) is 9.67. The van der Waals surface area contributed by atoms with Crippen LogP contribution in [0, 0.1) is 0 Å². The molecule has 0 aliphatic rings. The van der Waals surface area contributed by atoms with Crippen LogP contribution in [-0.2, 0) is 6.54 Å². The summed E-state index contributed by atoms with van der Waals surface area (Å²) < 4.78 is 1.40. The zero-order chi connectivity index (χ0) is 14.8. The van der Waals surface area contributed by atoms with E-state index in [-0.39, 0.29) is 11.8 Å². The summed E-state index contributed by atoms with van der Waals surface area (Å²) in [7, 11) is 0. The summed E-state index contributed by atoms with van der Waals surface area (Å²) >= 11 is 0. The first-order valence-corrected chi connectivity index (χ1v) is 6.90. The Bertz CT molecular complexity index is 496. The van der Waals surface area contributed by atoms with Crippen molar-refractivity contribution in [1.29, 1.82) is 0 Å². The van der Waals surface area contributed by atoms with Gasteiger partial charge in [0.2, 0.25) is 0 Å². The molecule has 2 N–H and O–H groups in total. The molecule has 0 unspecified atom stereocenters. The zero-order valence-corrected chi connectivity index (χ0v) is 11.9. The SMILES string of the molecule is C=CCn1ccc(NC(=O)NCCCCCC)nc1=O. The number of anilines is 1. The molecule has 6 heteroatoms. The third kappa shape index (κ3) is 5.69. The maximum atomic E-state index is 11.6. The summed E-state index contributed by atoms with van der Waals surface area (Å²) in [5.41, 5.74) is -0.411. The second-order valence-corrected chi connectivity index (χ2v) is 4.48. The van der Waals surface area contributed by atoms with E-state index < -0.39 is 5.69 Å². The van der Waals surface area contributed by atoms with Gasteiger partial charge in [-0.15, -0.1) is 6.58 Å². The van der Waals surface area contributed by atoms with E-state index in [2.05, 4.69) is 29.1 Å². The first-order valence-electron chi connectivity index (χ1n) is 6.90. The topological polar surface area (TPSA) is 76.0 Å². The molecule has 1 rings (SSSR count). The molecule has 0 bridgehead atoms. The van der Waals surface area contributed by atoms with Crippen LogP contribution < -0.4 is 16.3 Å². The predicted molar refractivity (Wildman–Crippen MR) is 79.9 cm³/mol. The van der Waals surface area contributed by atoms with E-state index in [9.17, 15) is 9.59 Å². The molecule has 2 amide bonds. The minimum Gasteiger partial charge on any atom is -0.338 e. The van der Waals surface area contributed by atoms with Gasteiger partial charge in [0, 0.05) is 19.3 Å². The van der Waals surface area contributed by atoms with Crippen molar-refractivity contribution in [2.45, 2.75) is 39.2 Å². The van der Waals surface area contributed by atoms with Gasteiger partial charge in [0.15, 0.2) is 0 Å². The van der Waals surface area contributed by atoms with Crippen LogP contribution in [0.4, 0.5) is 10.6 Å². The van der Waals surface area contributed by atoms with Crippen molar-refractivity contribution < 1.29 is 4.79 Å². The molecule has 6 nitrogen and oxygen atoms in total. The lowest BCUT2D eigenvalue weighted by molar-refractivity contribution is 0.252. The predicted octanol–water partition coefficient (Wildman–Crippen LogP) is 2.13. The fourth-order valence-electron chi connectivity index (χ4n) is 1.69.